The minimum atomic E-state index is -4.05. The summed E-state index contributed by atoms with van der Waals surface area (Å²) >= 11 is 1.17. The van der Waals surface area contributed by atoms with Crippen LogP contribution in [-0.4, -0.2) is 42.1 Å². The summed E-state index contributed by atoms with van der Waals surface area (Å²) in [6, 6.07) is 0. The maximum atomic E-state index is 13.2. The Hall–Kier alpha value is -0.530. The number of carbonyl (C=O) groups excluding carboxylic acids is 1. The fourth-order valence-electron chi connectivity index (χ4n) is 2.00. The van der Waals surface area contributed by atoms with Crippen molar-refractivity contribution in [2.24, 2.45) is 0 Å². The number of halogens is 5. The van der Waals surface area contributed by atoms with Crippen LogP contribution < -0.4 is 0 Å². The van der Waals surface area contributed by atoms with E-state index in [0.717, 1.165) is 19.3 Å². The molecule has 2 unspecified atom stereocenters. The number of hydrogen-bond donors (Lipinski definition) is 0. The molecular formula is C16H27F5O2S. The molecule has 0 aliphatic rings. The number of thioether (sulfide) groups is 1. The first-order valence-electron chi connectivity index (χ1n) is 8.34. The van der Waals surface area contributed by atoms with Crippen molar-refractivity contribution in [3.8, 4) is 0 Å². The first-order valence-corrected chi connectivity index (χ1v) is 9.39. The Morgan fingerprint density at radius 2 is 1.75 bits per heavy atom. The molecule has 0 aliphatic carbocycles. The lowest BCUT2D eigenvalue weighted by Crippen LogP contribution is -2.35. The van der Waals surface area contributed by atoms with E-state index in [1.807, 2.05) is 13.8 Å². The van der Waals surface area contributed by atoms with Crippen LogP contribution in [0.5, 0.6) is 0 Å². The molecule has 0 saturated heterocycles. The minimum Gasteiger partial charge on any atom is -0.465 e. The molecule has 0 rings (SSSR count). The van der Waals surface area contributed by atoms with Crippen molar-refractivity contribution >= 4 is 17.7 Å². The van der Waals surface area contributed by atoms with Crippen molar-refractivity contribution in [1.82, 2.24) is 0 Å². The Morgan fingerprint density at radius 1 is 1.08 bits per heavy atom. The van der Waals surface area contributed by atoms with Crippen molar-refractivity contribution in [2.75, 3.05) is 12.4 Å². The molecule has 0 aromatic rings. The third kappa shape index (κ3) is 9.69. The van der Waals surface area contributed by atoms with Gasteiger partial charge in [-0.15, -0.1) is 11.8 Å². The number of esters is 1. The predicted octanol–water partition coefficient (Wildman–Crippen LogP) is 5.64. The van der Waals surface area contributed by atoms with E-state index in [2.05, 4.69) is 0 Å². The van der Waals surface area contributed by atoms with Crippen LogP contribution in [-0.2, 0) is 9.53 Å². The zero-order valence-corrected chi connectivity index (χ0v) is 15.0. The molecule has 0 aromatic heterocycles. The SMILES string of the molecule is CCCCCC(SCCCC(F)(F)C(F)C(F)F)C(=O)OCCC. The van der Waals surface area contributed by atoms with E-state index < -0.39 is 30.2 Å². The molecule has 0 aromatic carbocycles. The van der Waals surface area contributed by atoms with E-state index in [9.17, 15) is 26.7 Å². The fourth-order valence-corrected chi connectivity index (χ4v) is 3.13. The molecule has 2 atom stereocenters. The van der Waals surface area contributed by atoms with Gasteiger partial charge in [0.25, 0.3) is 12.3 Å². The van der Waals surface area contributed by atoms with Gasteiger partial charge in [-0.2, -0.15) is 0 Å². The van der Waals surface area contributed by atoms with Crippen LogP contribution in [0.1, 0.15) is 58.8 Å². The van der Waals surface area contributed by atoms with E-state index in [1.165, 1.54) is 11.8 Å². The maximum absolute atomic E-state index is 13.2. The van der Waals surface area contributed by atoms with Crippen LogP contribution in [0.15, 0.2) is 0 Å². The van der Waals surface area contributed by atoms with Crippen molar-refractivity contribution in [1.29, 1.82) is 0 Å². The summed E-state index contributed by atoms with van der Waals surface area (Å²) in [5.41, 5.74) is 0. The summed E-state index contributed by atoms with van der Waals surface area (Å²) < 4.78 is 68.4. The predicted molar refractivity (Wildman–Crippen MR) is 86.7 cm³/mol. The van der Waals surface area contributed by atoms with Crippen molar-refractivity contribution in [3.63, 3.8) is 0 Å². The summed E-state index contributed by atoms with van der Waals surface area (Å²) in [5.74, 6) is -4.25. The van der Waals surface area contributed by atoms with Crippen LogP contribution in [0, 0.1) is 0 Å². The Kier molecular flexibility index (Phi) is 12.5. The highest BCUT2D eigenvalue weighted by molar-refractivity contribution is 8.00. The third-order valence-electron chi connectivity index (χ3n) is 3.38. The molecule has 0 N–H and O–H groups in total. The van der Waals surface area contributed by atoms with E-state index in [-0.39, 0.29) is 18.1 Å². The number of ether oxygens (including phenoxy) is 1. The lowest BCUT2D eigenvalue weighted by Gasteiger charge is -2.20. The van der Waals surface area contributed by atoms with Gasteiger partial charge >= 0.3 is 5.97 Å². The number of carbonyl (C=O) groups is 1. The Morgan fingerprint density at radius 3 is 2.29 bits per heavy atom. The molecule has 0 bridgehead atoms. The van der Waals surface area contributed by atoms with E-state index in [4.69, 9.17) is 4.74 Å². The Bertz CT molecular complexity index is 342. The van der Waals surface area contributed by atoms with Gasteiger partial charge in [0, 0.05) is 6.42 Å². The molecule has 0 aliphatic heterocycles. The highest BCUT2D eigenvalue weighted by Crippen LogP contribution is 2.32. The van der Waals surface area contributed by atoms with Crippen LogP contribution in [0.4, 0.5) is 22.0 Å². The normalized spacial score (nSPS) is 14.7. The lowest BCUT2D eigenvalue weighted by atomic mass is 10.1. The quantitative estimate of drug-likeness (QED) is 0.222. The second kappa shape index (κ2) is 12.8. The number of unbranched alkanes of at least 4 members (excludes halogenated alkanes) is 2. The van der Waals surface area contributed by atoms with Gasteiger partial charge in [0.2, 0.25) is 6.17 Å². The van der Waals surface area contributed by atoms with Crippen LogP contribution in [0.2, 0.25) is 0 Å². The minimum absolute atomic E-state index is 0.143. The fraction of sp³-hybridized carbons (Fsp3) is 0.938. The molecule has 0 fully saturated rings. The van der Waals surface area contributed by atoms with Gasteiger partial charge in [0.1, 0.15) is 5.25 Å². The van der Waals surface area contributed by atoms with Crippen molar-refractivity contribution < 1.29 is 31.5 Å². The van der Waals surface area contributed by atoms with Crippen LogP contribution in [0.3, 0.4) is 0 Å². The van der Waals surface area contributed by atoms with Crippen LogP contribution >= 0.6 is 11.8 Å². The van der Waals surface area contributed by atoms with Gasteiger partial charge < -0.3 is 4.74 Å². The standard InChI is InChI=1S/C16H27F5O2S/c1-3-5-6-8-12(15(22)23-10-4-2)24-11-7-9-16(20,21)13(17)14(18)19/h12-14H,3-11H2,1-2H3. The molecule has 0 saturated carbocycles. The second-order valence-corrected chi connectivity index (χ2v) is 6.93. The zero-order chi connectivity index (χ0) is 18.6. The number of alkyl halides is 5. The summed E-state index contributed by atoms with van der Waals surface area (Å²) in [6.45, 7) is 4.20. The molecular weight excluding hydrogens is 351 g/mol. The van der Waals surface area contributed by atoms with Gasteiger partial charge in [-0.1, -0.05) is 33.1 Å². The van der Waals surface area contributed by atoms with Crippen molar-refractivity contribution in [2.45, 2.75) is 82.6 Å². The monoisotopic (exact) mass is 378 g/mol. The number of rotatable bonds is 14. The Balaban J connectivity index is 4.31. The van der Waals surface area contributed by atoms with Crippen LogP contribution in [0.25, 0.3) is 0 Å². The average Bonchev–Trinajstić information content (AvgIpc) is 2.53. The largest absolute Gasteiger partial charge is 0.465 e. The topological polar surface area (TPSA) is 26.3 Å². The number of hydrogen-bond acceptors (Lipinski definition) is 3. The Labute approximate surface area is 144 Å². The smallest absolute Gasteiger partial charge is 0.319 e. The molecule has 0 amide bonds. The molecule has 0 radical (unpaired) electrons. The van der Waals surface area contributed by atoms with Gasteiger partial charge in [-0.3, -0.25) is 4.79 Å². The van der Waals surface area contributed by atoms with Gasteiger partial charge in [-0.05, 0) is 25.0 Å². The second-order valence-electron chi connectivity index (χ2n) is 5.62. The summed E-state index contributed by atoms with van der Waals surface area (Å²) in [5, 5.41) is -0.451. The van der Waals surface area contributed by atoms with E-state index >= 15 is 0 Å². The molecule has 0 spiro atoms. The summed E-state index contributed by atoms with van der Waals surface area (Å²) in [4.78, 5) is 11.9. The molecule has 2 nitrogen and oxygen atoms in total. The third-order valence-corrected chi connectivity index (χ3v) is 4.73. The molecule has 0 heterocycles. The molecule has 24 heavy (non-hydrogen) atoms. The average molecular weight is 378 g/mol. The van der Waals surface area contributed by atoms with Gasteiger partial charge in [-0.25, -0.2) is 22.0 Å². The first-order chi connectivity index (χ1) is 11.3. The highest BCUT2D eigenvalue weighted by Gasteiger charge is 2.45. The molecule has 144 valence electrons. The van der Waals surface area contributed by atoms with Gasteiger partial charge in [0.15, 0.2) is 0 Å². The summed E-state index contributed by atoms with van der Waals surface area (Å²) in [7, 11) is 0. The molecule has 8 heteroatoms. The van der Waals surface area contributed by atoms with Gasteiger partial charge in [0.05, 0.1) is 6.61 Å². The lowest BCUT2D eigenvalue weighted by molar-refractivity contribution is -0.143. The van der Waals surface area contributed by atoms with E-state index in [1.54, 1.807) is 0 Å². The van der Waals surface area contributed by atoms with Crippen molar-refractivity contribution in [3.05, 3.63) is 0 Å². The van der Waals surface area contributed by atoms with E-state index in [0.29, 0.717) is 19.4 Å². The first kappa shape index (κ1) is 23.5. The highest BCUT2D eigenvalue weighted by atomic mass is 32.2. The maximum Gasteiger partial charge on any atom is 0.319 e. The summed E-state index contributed by atoms with van der Waals surface area (Å²) in [6.07, 6.45) is -4.21. The zero-order valence-electron chi connectivity index (χ0n) is 14.2.